The van der Waals surface area contributed by atoms with Crippen LogP contribution < -0.4 is 5.32 Å². The molecule has 0 unspecified atom stereocenters. The molecule has 6 nitrogen and oxygen atoms in total. The molecule has 0 spiro atoms. The molecule has 1 amide bonds. The number of carbonyl (C=O) groups excluding carboxylic acids is 1. The van der Waals surface area contributed by atoms with Gasteiger partial charge < -0.3 is 5.32 Å². The predicted molar refractivity (Wildman–Crippen MR) is 96.0 cm³/mol. The van der Waals surface area contributed by atoms with Gasteiger partial charge in [0.05, 0.1) is 5.56 Å². The summed E-state index contributed by atoms with van der Waals surface area (Å²) in [6.07, 6.45) is -4.46. The smallest absolute Gasteiger partial charge is 0.324 e. The summed E-state index contributed by atoms with van der Waals surface area (Å²) in [5.74, 6) is -0.363. The van der Waals surface area contributed by atoms with Gasteiger partial charge in [0.25, 0.3) is 0 Å². The van der Waals surface area contributed by atoms with Crippen LogP contribution in [0.3, 0.4) is 0 Å². The van der Waals surface area contributed by atoms with Crippen molar-refractivity contribution < 1.29 is 18.0 Å². The van der Waals surface area contributed by atoms with E-state index in [9.17, 15) is 18.0 Å². The maximum Gasteiger partial charge on any atom is 0.416 e. The van der Waals surface area contributed by atoms with E-state index in [4.69, 9.17) is 0 Å². The van der Waals surface area contributed by atoms with E-state index >= 15 is 0 Å². The molecule has 1 heterocycles. The fourth-order valence-corrected chi connectivity index (χ4v) is 2.70. The average molecular weight is 473 g/mol. The third-order valence-electron chi connectivity index (χ3n) is 3.29. The summed E-state index contributed by atoms with van der Waals surface area (Å²) in [5.41, 5.74) is -0.00742. The normalized spacial score (nSPS) is 11.4. The Morgan fingerprint density at radius 1 is 1.15 bits per heavy atom. The lowest BCUT2D eigenvalue weighted by molar-refractivity contribution is -0.137. The molecule has 0 radical (unpaired) electrons. The van der Waals surface area contributed by atoms with Crippen molar-refractivity contribution in [2.75, 3.05) is 5.32 Å². The quantitative estimate of drug-likeness (QED) is 0.588. The second kappa shape index (κ2) is 7.40. The Balaban J connectivity index is 1.71. The van der Waals surface area contributed by atoms with Gasteiger partial charge in [-0.15, -0.1) is 10.2 Å². The predicted octanol–water partition coefficient (Wildman–Crippen LogP) is 3.60. The molecular formula is C16H11F3IN5O. The van der Waals surface area contributed by atoms with Crippen molar-refractivity contribution in [1.29, 1.82) is 0 Å². The van der Waals surface area contributed by atoms with Crippen LogP contribution in [0.1, 0.15) is 5.56 Å². The Morgan fingerprint density at radius 2 is 1.92 bits per heavy atom. The van der Waals surface area contributed by atoms with Crippen molar-refractivity contribution in [3.63, 3.8) is 0 Å². The Morgan fingerprint density at radius 3 is 2.65 bits per heavy atom. The molecule has 0 aliphatic carbocycles. The fourth-order valence-electron chi connectivity index (χ4n) is 2.16. The van der Waals surface area contributed by atoms with E-state index in [2.05, 4.69) is 43.3 Å². The lowest BCUT2D eigenvalue weighted by Crippen LogP contribution is -2.20. The number of anilines is 1. The number of tetrazole rings is 1. The number of rotatable bonds is 4. The van der Waals surface area contributed by atoms with Crippen LogP contribution in [0.5, 0.6) is 0 Å². The molecule has 0 atom stereocenters. The van der Waals surface area contributed by atoms with E-state index in [1.807, 2.05) is 6.07 Å². The van der Waals surface area contributed by atoms with Gasteiger partial charge in [0, 0.05) is 14.8 Å². The van der Waals surface area contributed by atoms with Crippen molar-refractivity contribution in [2.45, 2.75) is 12.7 Å². The number of amides is 1. The molecule has 3 aromatic rings. The summed E-state index contributed by atoms with van der Waals surface area (Å²) in [5, 5.41) is 14.1. The molecule has 0 saturated carbocycles. The fraction of sp³-hybridized carbons (Fsp3) is 0.125. The standard InChI is InChI=1S/C16H11F3IN5O/c17-16(18,19)11-4-1-3-10(7-11)15-22-24-25(23-15)9-14(26)21-13-6-2-5-12(20)8-13/h1-8H,9H2,(H,21,26). The Bertz CT molecular complexity index is 941. The number of hydrogen-bond donors (Lipinski definition) is 1. The van der Waals surface area contributed by atoms with Gasteiger partial charge in [-0.25, -0.2) is 0 Å². The Kier molecular flexibility index (Phi) is 5.20. The first kappa shape index (κ1) is 18.3. The molecule has 0 fully saturated rings. The van der Waals surface area contributed by atoms with Crippen LogP contribution in [0.25, 0.3) is 11.4 Å². The highest BCUT2D eigenvalue weighted by atomic mass is 127. The zero-order valence-electron chi connectivity index (χ0n) is 13.0. The monoisotopic (exact) mass is 473 g/mol. The highest BCUT2D eigenvalue weighted by Crippen LogP contribution is 2.31. The van der Waals surface area contributed by atoms with Crippen LogP contribution in [0.15, 0.2) is 48.5 Å². The zero-order chi connectivity index (χ0) is 18.7. The second-order valence-corrected chi connectivity index (χ2v) is 6.53. The molecule has 1 aromatic heterocycles. The van der Waals surface area contributed by atoms with Crippen LogP contribution in [0, 0.1) is 3.57 Å². The highest BCUT2D eigenvalue weighted by molar-refractivity contribution is 14.1. The van der Waals surface area contributed by atoms with Crippen LogP contribution in [-0.2, 0) is 17.5 Å². The first-order valence-electron chi connectivity index (χ1n) is 7.32. The number of nitrogens with zero attached hydrogens (tertiary/aromatic N) is 4. The van der Waals surface area contributed by atoms with E-state index in [1.54, 1.807) is 18.2 Å². The minimum Gasteiger partial charge on any atom is -0.324 e. The average Bonchev–Trinajstić information content (AvgIpc) is 3.02. The molecule has 26 heavy (non-hydrogen) atoms. The Hall–Kier alpha value is -2.50. The van der Waals surface area contributed by atoms with E-state index in [0.29, 0.717) is 5.69 Å². The molecule has 0 bridgehead atoms. The topological polar surface area (TPSA) is 72.7 Å². The molecule has 2 aromatic carbocycles. The van der Waals surface area contributed by atoms with E-state index in [1.165, 1.54) is 12.1 Å². The van der Waals surface area contributed by atoms with Crippen molar-refractivity contribution in [1.82, 2.24) is 20.2 Å². The number of carbonyl (C=O) groups is 1. The summed E-state index contributed by atoms with van der Waals surface area (Å²) in [4.78, 5) is 13.1. The largest absolute Gasteiger partial charge is 0.416 e. The molecular weight excluding hydrogens is 462 g/mol. The van der Waals surface area contributed by atoms with Gasteiger partial charge >= 0.3 is 6.18 Å². The number of hydrogen-bond acceptors (Lipinski definition) is 4. The van der Waals surface area contributed by atoms with Gasteiger partial charge in [-0.05, 0) is 58.1 Å². The van der Waals surface area contributed by atoms with Gasteiger partial charge in [-0.2, -0.15) is 18.0 Å². The highest BCUT2D eigenvalue weighted by Gasteiger charge is 2.30. The number of benzene rings is 2. The van der Waals surface area contributed by atoms with Crippen LogP contribution >= 0.6 is 22.6 Å². The molecule has 0 aliphatic heterocycles. The molecule has 134 valence electrons. The van der Waals surface area contributed by atoms with E-state index in [-0.39, 0.29) is 23.8 Å². The summed E-state index contributed by atoms with van der Waals surface area (Å²) in [6, 6.07) is 11.8. The third kappa shape index (κ3) is 4.56. The van der Waals surface area contributed by atoms with Gasteiger partial charge in [0.15, 0.2) is 0 Å². The molecule has 3 rings (SSSR count). The van der Waals surface area contributed by atoms with Crippen molar-refractivity contribution in [3.8, 4) is 11.4 Å². The van der Waals surface area contributed by atoms with Crippen molar-refractivity contribution >= 4 is 34.2 Å². The first-order valence-corrected chi connectivity index (χ1v) is 8.40. The molecule has 0 saturated heterocycles. The minimum atomic E-state index is -4.46. The number of alkyl halides is 3. The Labute approximate surface area is 159 Å². The van der Waals surface area contributed by atoms with Gasteiger partial charge in [-0.1, -0.05) is 18.2 Å². The van der Waals surface area contributed by atoms with Crippen molar-refractivity contribution in [2.24, 2.45) is 0 Å². The van der Waals surface area contributed by atoms with Crippen LogP contribution in [-0.4, -0.2) is 26.1 Å². The molecule has 10 heteroatoms. The third-order valence-corrected chi connectivity index (χ3v) is 3.97. The molecule has 1 N–H and O–H groups in total. The number of nitrogens with one attached hydrogen (secondary N) is 1. The van der Waals surface area contributed by atoms with Gasteiger partial charge in [0.2, 0.25) is 11.7 Å². The zero-order valence-corrected chi connectivity index (χ0v) is 15.2. The van der Waals surface area contributed by atoms with Crippen LogP contribution in [0.2, 0.25) is 0 Å². The maximum atomic E-state index is 12.8. The summed E-state index contributed by atoms with van der Waals surface area (Å²) in [6.45, 7) is -0.211. The summed E-state index contributed by atoms with van der Waals surface area (Å²) < 4.78 is 39.3. The van der Waals surface area contributed by atoms with Gasteiger partial charge in [-0.3, -0.25) is 4.79 Å². The second-order valence-electron chi connectivity index (χ2n) is 5.28. The first-order chi connectivity index (χ1) is 12.3. The van der Waals surface area contributed by atoms with Gasteiger partial charge in [0.1, 0.15) is 6.54 Å². The minimum absolute atomic E-state index is 0.0122. The summed E-state index contributed by atoms with van der Waals surface area (Å²) >= 11 is 2.12. The number of halogens is 4. The van der Waals surface area contributed by atoms with Crippen molar-refractivity contribution in [3.05, 3.63) is 57.7 Å². The SMILES string of the molecule is O=C(Cn1nnc(-c2cccc(C(F)(F)F)c2)n1)Nc1cccc(I)c1. The van der Waals surface area contributed by atoms with E-state index < -0.39 is 11.7 Å². The van der Waals surface area contributed by atoms with Crippen LogP contribution in [0.4, 0.5) is 18.9 Å². The number of aromatic nitrogens is 4. The lowest BCUT2D eigenvalue weighted by Gasteiger charge is -2.06. The molecule has 0 aliphatic rings. The summed E-state index contributed by atoms with van der Waals surface area (Å²) in [7, 11) is 0. The maximum absolute atomic E-state index is 12.8. The lowest BCUT2D eigenvalue weighted by atomic mass is 10.1. The van der Waals surface area contributed by atoms with E-state index in [0.717, 1.165) is 20.5 Å².